The van der Waals surface area contributed by atoms with Gasteiger partial charge < -0.3 is 25.5 Å². The number of rotatable bonds is 23. The summed E-state index contributed by atoms with van der Waals surface area (Å²) in [5, 5.41) is 6.79. The van der Waals surface area contributed by atoms with Gasteiger partial charge in [0.1, 0.15) is 31.3 Å². The van der Waals surface area contributed by atoms with E-state index in [0.29, 0.717) is 45.2 Å². The summed E-state index contributed by atoms with van der Waals surface area (Å²) >= 11 is 0. The summed E-state index contributed by atoms with van der Waals surface area (Å²) in [7, 11) is -9.91. The van der Waals surface area contributed by atoms with Crippen LogP contribution in [0.4, 0.5) is 22.7 Å². The molecule has 1 aromatic heterocycles. The molecule has 0 fully saturated rings. The van der Waals surface area contributed by atoms with Crippen molar-refractivity contribution in [1.29, 1.82) is 0 Å². The molecule has 0 unspecified atom stereocenters. The number of hydrogen-bond donors (Lipinski definition) is 3. The van der Waals surface area contributed by atoms with Crippen LogP contribution in [0.15, 0.2) is 137 Å². The van der Waals surface area contributed by atoms with Crippen LogP contribution in [-0.4, -0.2) is 37.0 Å². The first kappa shape index (κ1) is 50.0. The fourth-order valence-electron chi connectivity index (χ4n) is 8.48. The Morgan fingerprint density at radius 2 is 1.02 bits per heavy atom. The van der Waals surface area contributed by atoms with E-state index >= 15 is 0 Å². The molecule has 0 atom stereocenters. The lowest BCUT2D eigenvalue weighted by molar-refractivity contribution is -0.538. The largest absolute Gasteiger partial charge is 0.744 e. The number of nitrogens with zero attached hydrogens (tertiary/aromatic N) is 2. The number of nitrogens with one attached hydrogen (secondary N) is 2. The van der Waals surface area contributed by atoms with Crippen molar-refractivity contribution in [3.05, 3.63) is 127 Å². The summed E-state index contributed by atoms with van der Waals surface area (Å²) in [4.78, 5) is 3.86. The van der Waals surface area contributed by atoms with Crippen LogP contribution in [0.5, 0.6) is 0 Å². The first-order valence-electron chi connectivity index (χ1n) is 23.5. The highest BCUT2D eigenvalue weighted by Gasteiger charge is 2.27. The fraction of sp³-hybridized carbons (Fsp3) is 0.358. The number of hydrogen-bond acceptors (Lipinski definition) is 10. The van der Waals surface area contributed by atoms with Gasteiger partial charge in [-0.2, -0.15) is 0 Å². The molecule has 0 aliphatic carbocycles. The van der Waals surface area contributed by atoms with Gasteiger partial charge in [0.2, 0.25) is 16.7 Å². The predicted octanol–water partition coefficient (Wildman–Crippen LogP) is 12.7. The van der Waals surface area contributed by atoms with Crippen molar-refractivity contribution in [2.24, 2.45) is 5.73 Å². The molecule has 7 rings (SSSR count). The van der Waals surface area contributed by atoms with Crippen LogP contribution in [0.25, 0.3) is 38.5 Å². The highest BCUT2D eigenvalue weighted by atomic mass is 32.2. The molecule has 7 aromatic rings. The van der Waals surface area contributed by atoms with Crippen molar-refractivity contribution in [2.75, 3.05) is 10.6 Å². The van der Waals surface area contributed by atoms with Gasteiger partial charge in [0.25, 0.3) is 0 Å². The number of nitrogens with two attached hydrogens (primary N) is 1. The van der Waals surface area contributed by atoms with Crippen LogP contribution in [-0.2, 0) is 20.2 Å². The van der Waals surface area contributed by atoms with Gasteiger partial charge in [-0.3, -0.25) is 0 Å². The van der Waals surface area contributed by atoms with Gasteiger partial charge in [-0.05, 0) is 49.2 Å². The number of para-hydroxylation sites is 3. The standard InChI is InChI=1S/C34H24N4O6S2.C19H41N/c39-45(40,41)31-18-10-17-25-33(31)28(36-23-13-6-2-7-14-23)20-30-34(25)37-26-21-32(46(42,43)44)27(35-22-11-4-1-5-12-22)19-29(26)38(30)24-15-8-3-9-16-24;1-3-5-7-9-11-13-15-17-19(20)18-16-14-12-10-8-6-4-2/h1-21H,(H3,35,36,39,40,41,42,43,44);19H,3-18,20H2,1-2H3/p-1. The van der Waals surface area contributed by atoms with Crippen molar-refractivity contribution >= 4 is 75.8 Å². The molecule has 0 spiro atoms. The molecule has 4 N–H and O–H groups in total. The fourth-order valence-corrected chi connectivity index (χ4v) is 9.83. The maximum Gasteiger partial charge on any atom is 0.240 e. The van der Waals surface area contributed by atoms with E-state index in [1.807, 2.05) is 59.2 Å². The van der Waals surface area contributed by atoms with Crippen molar-refractivity contribution in [3.63, 3.8) is 0 Å². The lowest BCUT2D eigenvalue weighted by Crippen LogP contribution is -2.33. The highest BCUT2D eigenvalue weighted by molar-refractivity contribution is 7.86. The third-order valence-corrected chi connectivity index (χ3v) is 13.6. The van der Waals surface area contributed by atoms with Crippen LogP contribution in [0.3, 0.4) is 0 Å². The number of anilines is 4. The van der Waals surface area contributed by atoms with Gasteiger partial charge in [-0.15, -0.1) is 4.57 Å². The molecule has 350 valence electrons. The lowest BCUT2D eigenvalue weighted by Gasteiger charge is -2.18. The van der Waals surface area contributed by atoms with E-state index < -0.39 is 30.0 Å². The Morgan fingerprint density at radius 1 is 0.545 bits per heavy atom. The molecule has 6 aromatic carbocycles. The maximum absolute atomic E-state index is 12.6. The monoisotopic (exact) mass is 930 g/mol. The number of benzene rings is 6. The quantitative estimate of drug-likeness (QED) is 0.0184. The van der Waals surface area contributed by atoms with E-state index in [1.54, 1.807) is 54.6 Å². The van der Waals surface area contributed by atoms with Crippen LogP contribution in [0.1, 0.15) is 117 Å². The van der Waals surface area contributed by atoms with Crippen molar-refractivity contribution < 1.29 is 30.5 Å². The molecule has 0 aliphatic rings. The van der Waals surface area contributed by atoms with E-state index in [9.17, 15) is 25.9 Å². The first-order valence-corrected chi connectivity index (χ1v) is 26.4. The zero-order valence-corrected chi connectivity index (χ0v) is 39.9. The van der Waals surface area contributed by atoms with Gasteiger partial charge in [-0.25, -0.2) is 21.8 Å². The molecule has 13 heteroatoms. The zero-order chi connectivity index (χ0) is 46.9. The van der Waals surface area contributed by atoms with Crippen LogP contribution in [0.2, 0.25) is 0 Å². The van der Waals surface area contributed by atoms with Gasteiger partial charge in [0.15, 0.2) is 0 Å². The van der Waals surface area contributed by atoms with E-state index in [2.05, 4.69) is 24.5 Å². The van der Waals surface area contributed by atoms with Crippen molar-refractivity contribution in [2.45, 2.75) is 132 Å². The Bertz CT molecular complexity index is 2850. The van der Waals surface area contributed by atoms with Crippen molar-refractivity contribution in [1.82, 2.24) is 4.98 Å². The molecule has 1 heterocycles. The molecular weight excluding hydrogens is 867 g/mol. The lowest BCUT2D eigenvalue weighted by atomic mass is 10.0. The summed E-state index contributed by atoms with van der Waals surface area (Å²) in [5.41, 5.74) is 9.93. The molecule has 0 bridgehead atoms. The average molecular weight is 931 g/mol. The van der Waals surface area contributed by atoms with Gasteiger partial charge in [-0.1, -0.05) is 170 Å². The summed E-state index contributed by atoms with van der Waals surface area (Å²) < 4.78 is 77.0. The highest BCUT2D eigenvalue weighted by Crippen LogP contribution is 2.38. The van der Waals surface area contributed by atoms with E-state index in [0.717, 1.165) is 0 Å². The van der Waals surface area contributed by atoms with Gasteiger partial charge in [0.05, 0.1) is 21.2 Å². The summed E-state index contributed by atoms with van der Waals surface area (Å²) in [5.74, 6) is 0. The SMILES string of the molecule is CCCCCCCCCC(N)CCCCCCCCC.O=S(=O)([O-])c1cc2nc3c4cccc(S(=O)(=O)[O-])c4c(Nc4ccccc4)cc3[n+](-c3ccccc3)c2cc1Nc1ccccc1. The Balaban J connectivity index is 0.000000306. The molecule has 0 radical (unpaired) electrons. The Morgan fingerprint density at radius 3 is 1.53 bits per heavy atom. The average Bonchev–Trinajstić information content (AvgIpc) is 3.30. The smallest absolute Gasteiger partial charge is 0.240 e. The second-order valence-electron chi connectivity index (χ2n) is 17.1. The molecule has 0 saturated heterocycles. The number of unbranched alkanes of at least 4 members (excludes halogenated alkanes) is 12. The van der Waals surface area contributed by atoms with Gasteiger partial charge in [0, 0.05) is 52.5 Å². The molecular formula is C53H64N5O6S2-. The Hall–Kier alpha value is -5.44. The maximum atomic E-state index is 12.6. The Labute approximate surface area is 391 Å². The van der Waals surface area contributed by atoms with E-state index in [-0.39, 0.29) is 22.1 Å². The summed E-state index contributed by atoms with van der Waals surface area (Å²) in [6, 6.07) is 36.5. The molecule has 11 nitrogen and oxygen atoms in total. The minimum atomic E-state index is -4.98. The Kier molecular flexibility index (Phi) is 18.5. The van der Waals surface area contributed by atoms with Gasteiger partial charge >= 0.3 is 0 Å². The minimum Gasteiger partial charge on any atom is -0.744 e. The third kappa shape index (κ3) is 13.8. The molecule has 0 aliphatic heterocycles. The molecule has 0 amide bonds. The van der Waals surface area contributed by atoms with Crippen LogP contribution < -0.4 is 20.9 Å². The first-order chi connectivity index (χ1) is 31.9. The van der Waals surface area contributed by atoms with Crippen LogP contribution in [0, 0.1) is 0 Å². The number of aromatic nitrogens is 2. The van der Waals surface area contributed by atoms with E-state index in [1.165, 1.54) is 121 Å². The minimum absolute atomic E-state index is 0.0580. The summed E-state index contributed by atoms with van der Waals surface area (Å²) in [6.45, 7) is 4.56. The topological polar surface area (TPSA) is 181 Å². The molecule has 0 saturated carbocycles. The third-order valence-electron chi connectivity index (χ3n) is 11.9. The molecule has 66 heavy (non-hydrogen) atoms. The zero-order valence-electron chi connectivity index (χ0n) is 38.3. The predicted molar refractivity (Wildman–Crippen MR) is 267 cm³/mol. The van der Waals surface area contributed by atoms with Crippen LogP contribution >= 0.6 is 0 Å². The number of fused-ring (bicyclic) bond motifs is 4. The second kappa shape index (κ2) is 24.4. The van der Waals surface area contributed by atoms with E-state index in [4.69, 9.17) is 10.7 Å². The second-order valence-corrected chi connectivity index (χ2v) is 19.8. The summed E-state index contributed by atoms with van der Waals surface area (Å²) in [6.07, 6.45) is 22.1. The van der Waals surface area contributed by atoms with Crippen molar-refractivity contribution in [3.8, 4) is 5.69 Å². The normalized spacial score (nSPS) is 11.8.